The molecule has 2 aromatic carbocycles. The second kappa shape index (κ2) is 7.82. The van der Waals surface area contributed by atoms with Gasteiger partial charge in [0.2, 0.25) is 0 Å². The van der Waals surface area contributed by atoms with Gasteiger partial charge in [0.15, 0.2) is 0 Å². The van der Waals surface area contributed by atoms with Crippen molar-refractivity contribution in [2.24, 2.45) is 0 Å². The normalized spacial score (nSPS) is 10.5. The van der Waals surface area contributed by atoms with Gasteiger partial charge in [-0.15, -0.1) is 0 Å². The highest BCUT2D eigenvalue weighted by molar-refractivity contribution is 5.89. The molecule has 0 atom stereocenters. The Morgan fingerprint density at radius 1 is 1.07 bits per heavy atom. The molecule has 0 fully saturated rings. The van der Waals surface area contributed by atoms with Crippen molar-refractivity contribution in [1.29, 1.82) is 0 Å². The first-order valence-corrected chi connectivity index (χ1v) is 8.11. The molecule has 3 rings (SSSR count). The summed E-state index contributed by atoms with van der Waals surface area (Å²) in [5, 5.41) is 4.36. The number of benzene rings is 2. The first-order chi connectivity index (χ1) is 13.0. The van der Waals surface area contributed by atoms with Crippen molar-refractivity contribution in [2.75, 3.05) is 14.2 Å². The fraction of sp³-hybridized carbons (Fsp3) is 0.150. The van der Waals surface area contributed by atoms with Gasteiger partial charge in [-0.1, -0.05) is 12.1 Å². The molecular formula is C20H17FN2O4. The molecule has 0 saturated heterocycles. The quantitative estimate of drug-likeness (QED) is 0.648. The first-order valence-electron chi connectivity index (χ1n) is 8.11. The molecular weight excluding hydrogens is 351 g/mol. The Balaban J connectivity index is 1.92. The van der Waals surface area contributed by atoms with E-state index in [0.29, 0.717) is 22.6 Å². The van der Waals surface area contributed by atoms with Crippen LogP contribution in [0.1, 0.15) is 15.9 Å². The molecule has 0 unspecified atom stereocenters. The van der Waals surface area contributed by atoms with Gasteiger partial charge in [-0.2, -0.15) is 5.10 Å². The van der Waals surface area contributed by atoms with E-state index in [1.54, 1.807) is 36.4 Å². The third-order valence-corrected chi connectivity index (χ3v) is 4.01. The molecule has 138 valence electrons. The van der Waals surface area contributed by atoms with Crippen LogP contribution in [0, 0.1) is 5.82 Å². The molecule has 0 radical (unpaired) electrons. The number of halogens is 1. The van der Waals surface area contributed by atoms with Gasteiger partial charge in [-0.05, 0) is 35.9 Å². The third kappa shape index (κ3) is 4.03. The number of hydrogen-bond donors (Lipinski definition) is 0. The van der Waals surface area contributed by atoms with Crippen LogP contribution in [0.3, 0.4) is 0 Å². The predicted octanol–water partition coefficient (Wildman–Crippen LogP) is 2.89. The fourth-order valence-corrected chi connectivity index (χ4v) is 2.62. The summed E-state index contributed by atoms with van der Waals surface area (Å²) in [4.78, 5) is 23.7. The van der Waals surface area contributed by atoms with E-state index in [4.69, 9.17) is 4.74 Å². The number of nitrogens with zero attached hydrogens (tertiary/aromatic N) is 2. The highest BCUT2D eigenvalue weighted by Crippen LogP contribution is 2.28. The number of methoxy groups -OCH3 is 2. The predicted molar refractivity (Wildman–Crippen MR) is 97.3 cm³/mol. The molecule has 0 aliphatic carbocycles. The summed E-state index contributed by atoms with van der Waals surface area (Å²) >= 11 is 0. The lowest BCUT2D eigenvalue weighted by Crippen LogP contribution is -2.23. The van der Waals surface area contributed by atoms with Crippen molar-refractivity contribution in [2.45, 2.75) is 6.54 Å². The lowest BCUT2D eigenvalue weighted by Gasteiger charge is -2.11. The molecule has 1 heterocycles. The minimum absolute atomic E-state index is 0.220. The van der Waals surface area contributed by atoms with Crippen molar-refractivity contribution in [3.05, 3.63) is 81.9 Å². The smallest absolute Gasteiger partial charge is 0.337 e. The Morgan fingerprint density at radius 2 is 1.81 bits per heavy atom. The molecule has 0 spiro atoms. The Morgan fingerprint density at radius 3 is 2.48 bits per heavy atom. The maximum Gasteiger partial charge on any atom is 0.337 e. The van der Waals surface area contributed by atoms with Crippen molar-refractivity contribution in [3.63, 3.8) is 0 Å². The van der Waals surface area contributed by atoms with E-state index in [2.05, 4.69) is 9.84 Å². The largest absolute Gasteiger partial charge is 0.496 e. The van der Waals surface area contributed by atoms with E-state index in [9.17, 15) is 14.0 Å². The highest BCUT2D eigenvalue weighted by Gasteiger charge is 2.11. The van der Waals surface area contributed by atoms with E-state index >= 15 is 0 Å². The number of rotatable bonds is 5. The summed E-state index contributed by atoms with van der Waals surface area (Å²) in [5.41, 5.74) is 2.00. The van der Waals surface area contributed by atoms with Crippen LogP contribution in [-0.2, 0) is 11.3 Å². The summed E-state index contributed by atoms with van der Waals surface area (Å²) < 4.78 is 24.6. The summed E-state index contributed by atoms with van der Waals surface area (Å²) in [6, 6.07) is 13.8. The van der Waals surface area contributed by atoms with Crippen molar-refractivity contribution >= 4 is 5.97 Å². The van der Waals surface area contributed by atoms with Crippen LogP contribution in [0.15, 0.2) is 59.4 Å². The number of hydrogen-bond acceptors (Lipinski definition) is 5. The van der Waals surface area contributed by atoms with Crippen LogP contribution >= 0.6 is 0 Å². The van der Waals surface area contributed by atoms with E-state index in [1.165, 1.54) is 37.1 Å². The van der Waals surface area contributed by atoms with Gasteiger partial charge in [0.05, 0.1) is 32.0 Å². The Hall–Kier alpha value is -3.48. The second-order valence-corrected chi connectivity index (χ2v) is 5.75. The van der Waals surface area contributed by atoms with Gasteiger partial charge in [0.25, 0.3) is 5.56 Å². The zero-order chi connectivity index (χ0) is 19.4. The molecule has 0 aliphatic heterocycles. The number of esters is 1. The minimum atomic E-state index is -0.428. The van der Waals surface area contributed by atoms with E-state index in [1.807, 2.05) is 0 Å². The Labute approximate surface area is 154 Å². The Kier molecular flexibility index (Phi) is 5.30. The van der Waals surface area contributed by atoms with Crippen LogP contribution in [0.5, 0.6) is 5.75 Å². The van der Waals surface area contributed by atoms with Gasteiger partial charge in [-0.25, -0.2) is 13.9 Å². The summed E-state index contributed by atoms with van der Waals surface area (Å²) in [6.07, 6.45) is 0. The van der Waals surface area contributed by atoms with Crippen LogP contribution in [0.4, 0.5) is 4.39 Å². The van der Waals surface area contributed by atoms with Gasteiger partial charge in [-0.3, -0.25) is 4.79 Å². The van der Waals surface area contributed by atoms with Crippen LogP contribution in [0.25, 0.3) is 11.3 Å². The number of carbonyl (C=O) groups is 1. The van der Waals surface area contributed by atoms with Crippen LogP contribution in [0.2, 0.25) is 0 Å². The fourth-order valence-electron chi connectivity index (χ4n) is 2.62. The van der Waals surface area contributed by atoms with Crippen molar-refractivity contribution in [3.8, 4) is 17.0 Å². The zero-order valence-electron chi connectivity index (χ0n) is 14.8. The molecule has 7 heteroatoms. The maximum atomic E-state index is 13.4. The molecule has 0 saturated carbocycles. The van der Waals surface area contributed by atoms with Crippen LogP contribution < -0.4 is 10.3 Å². The molecule has 1 aromatic heterocycles. The van der Waals surface area contributed by atoms with Gasteiger partial charge < -0.3 is 9.47 Å². The standard InChI is InChI=1S/C20H17FN2O4/c1-26-18-11-15(21)7-8-16(18)17-9-10-19(24)23(22-17)12-13-3-5-14(6-4-13)20(25)27-2/h3-11H,12H2,1-2H3. The number of aromatic nitrogens is 2. The molecule has 0 bridgehead atoms. The highest BCUT2D eigenvalue weighted by atomic mass is 19.1. The molecule has 3 aromatic rings. The Bertz CT molecular complexity index is 1030. The molecule has 0 N–H and O–H groups in total. The average molecular weight is 368 g/mol. The monoisotopic (exact) mass is 368 g/mol. The van der Waals surface area contributed by atoms with E-state index in [0.717, 1.165) is 5.56 Å². The summed E-state index contributed by atoms with van der Waals surface area (Å²) in [7, 11) is 2.76. The maximum absolute atomic E-state index is 13.4. The molecule has 0 amide bonds. The number of ether oxygens (including phenoxy) is 2. The third-order valence-electron chi connectivity index (χ3n) is 4.01. The van der Waals surface area contributed by atoms with Gasteiger partial charge in [0.1, 0.15) is 11.6 Å². The first kappa shape index (κ1) is 18.3. The molecule has 6 nitrogen and oxygen atoms in total. The topological polar surface area (TPSA) is 70.4 Å². The lowest BCUT2D eigenvalue weighted by molar-refractivity contribution is 0.0600. The van der Waals surface area contributed by atoms with Gasteiger partial charge in [0, 0.05) is 17.7 Å². The van der Waals surface area contributed by atoms with E-state index < -0.39 is 11.8 Å². The summed E-state index contributed by atoms with van der Waals surface area (Å²) in [5.74, 6) is -0.521. The van der Waals surface area contributed by atoms with Crippen LogP contribution in [-0.4, -0.2) is 30.0 Å². The number of carbonyl (C=O) groups excluding carboxylic acids is 1. The minimum Gasteiger partial charge on any atom is -0.496 e. The average Bonchev–Trinajstić information content (AvgIpc) is 2.69. The lowest BCUT2D eigenvalue weighted by atomic mass is 10.1. The molecule has 0 aliphatic rings. The van der Waals surface area contributed by atoms with Gasteiger partial charge >= 0.3 is 5.97 Å². The second-order valence-electron chi connectivity index (χ2n) is 5.75. The molecule has 27 heavy (non-hydrogen) atoms. The zero-order valence-corrected chi connectivity index (χ0v) is 14.8. The summed E-state index contributed by atoms with van der Waals surface area (Å²) in [6.45, 7) is 0.220. The van der Waals surface area contributed by atoms with E-state index in [-0.39, 0.29) is 12.1 Å². The SMILES string of the molecule is COC(=O)c1ccc(Cn2nc(-c3ccc(F)cc3OC)ccc2=O)cc1. The van der Waals surface area contributed by atoms with Crippen molar-refractivity contribution in [1.82, 2.24) is 9.78 Å². The van der Waals surface area contributed by atoms with Crippen molar-refractivity contribution < 1.29 is 18.7 Å².